The van der Waals surface area contributed by atoms with Crippen LogP contribution in [0.25, 0.3) is 11.1 Å². The normalized spacial score (nSPS) is 10.0. The first-order valence-electron chi connectivity index (χ1n) is 6.88. The molecule has 0 spiro atoms. The van der Waals surface area contributed by atoms with Crippen molar-refractivity contribution in [3.63, 3.8) is 0 Å². The number of methoxy groups -OCH3 is 1. The second-order valence-corrected chi connectivity index (χ2v) is 5.03. The average molecular weight is 326 g/mol. The molecule has 114 valence electrons. The van der Waals surface area contributed by atoms with Crippen molar-refractivity contribution >= 4 is 24.0 Å². The van der Waals surface area contributed by atoms with Gasteiger partial charge < -0.3 is 10.1 Å². The molecule has 0 aliphatic rings. The van der Waals surface area contributed by atoms with Crippen LogP contribution in [0.15, 0.2) is 42.5 Å². The largest absolute Gasteiger partial charge is 0.496 e. The van der Waals surface area contributed by atoms with Gasteiger partial charge in [-0.2, -0.15) is 0 Å². The molecule has 2 aromatic carbocycles. The van der Waals surface area contributed by atoms with E-state index >= 15 is 0 Å². The molecule has 0 aliphatic heterocycles. The van der Waals surface area contributed by atoms with Gasteiger partial charge in [-0.15, -0.1) is 12.4 Å². The van der Waals surface area contributed by atoms with Crippen molar-refractivity contribution in [1.29, 1.82) is 0 Å². The van der Waals surface area contributed by atoms with Gasteiger partial charge in [-0.25, -0.2) is 0 Å². The van der Waals surface area contributed by atoms with Crippen LogP contribution in [0.5, 0.6) is 5.75 Å². The summed E-state index contributed by atoms with van der Waals surface area (Å²) in [4.78, 5) is 0. The van der Waals surface area contributed by atoms with Crippen LogP contribution in [0.2, 0.25) is 5.02 Å². The quantitative estimate of drug-likeness (QED) is 0.784. The molecule has 2 nitrogen and oxygen atoms in total. The summed E-state index contributed by atoms with van der Waals surface area (Å²) in [6, 6.07) is 14.1. The number of para-hydroxylation sites is 1. The van der Waals surface area contributed by atoms with Crippen LogP contribution in [0, 0.1) is 0 Å². The lowest BCUT2D eigenvalue weighted by Crippen LogP contribution is -2.16. The Morgan fingerprint density at radius 3 is 2.57 bits per heavy atom. The van der Waals surface area contributed by atoms with E-state index < -0.39 is 0 Å². The van der Waals surface area contributed by atoms with Crippen LogP contribution >= 0.6 is 24.0 Å². The molecule has 0 bridgehead atoms. The van der Waals surface area contributed by atoms with E-state index in [0.29, 0.717) is 0 Å². The molecule has 0 radical (unpaired) electrons. The van der Waals surface area contributed by atoms with E-state index in [9.17, 15) is 0 Å². The SMILES string of the molecule is CCNCCc1ccc(Cl)c(-c2ccccc2OC)c1.Cl. The second kappa shape index (κ2) is 8.93. The summed E-state index contributed by atoms with van der Waals surface area (Å²) in [7, 11) is 1.68. The highest BCUT2D eigenvalue weighted by molar-refractivity contribution is 6.33. The number of rotatable bonds is 6. The smallest absolute Gasteiger partial charge is 0.126 e. The number of hydrogen-bond acceptors (Lipinski definition) is 2. The zero-order valence-corrected chi connectivity index (χ0v) is 13.9. The first kappa shape index (κ1) is 17.8. The van der Waals surface area contributed by atoms with Crippen molar-refractivity contribution in [3.05, 3.63) is 53.1 Å². The molecule has 1 N–H and O–H groups in total. The van der Waals surface area contributed by atoms with Gasteiger partial charge in [0.2, 0.25) is 0 Å². The van der Waals surface area contributed by atoms with Crippen molar-refractivity contribution in [2.24, 2.45) is 0 Å². The molecule has 0 aliphatic carbocycles. The van der Waals surface area contributed by atoms with E-state index in [4.69, 9.17) is 16.3 Å². The van der Waals surface area contributed by atoms with Crippen molar-refractivity contribution in [3.8, 4) is 16.9 Å². The van der Waals surface area contributed by atoms with Gasteiger partial charge in [-0.05, 0) is 43.3 Å². The standard InChI is InChI=1S/C17H20ClNO.ClH/c1-3-19-11-10-13-8-9-16(18)15(12-13)14-6-4-5-7-17(14)20-2;/h4-9,12,19H,3,10-11H2,1-2H3;1H. The number of nitrogens with one attached hydrogen (secondary N) is 1. The Bertz CT molecular complexity index is 572. The summed E-state index contributed by atoms with van der Waals surface area (Å²) in [5, 5.41) is 4.09. The van der Waals surface area contributed by atoms with Gasteiger partial charge in [0, 0.05) is 16.1 Å². The van der Waals surface area contributed by atoms with Crippen molar-refractivity contribution in [2.75, 3.05) is 20.2 Å². The highest BCUT2D eigenvalue weighted by atomic mass is 35.5. The molecule has 4 heteroatoms. The maximum atomic E-state index is 6.35. The summed E-state index contributed by atoms with van der Waals surface area (Å²) < 4.78 is 5.42. The Morgan fingerprint density at radius 1 is 1.10 bits per heavy atom. The van der Waals surface area contributed by atoms with Crippen LogP contribution in [0.1, 0.15) is 12.5 Å². The van der Waals surface area contributed by atoms with Crippen LogP contribution in [-0.2, 0) is 6.42 Å². The molecular formula is C17H21Cl2NO. The van der Waals surface area contributed by atoms with Gasteiger partial charge in [0.15, 0.2) is 0 Å². The molecule has 0 unspecified atom stereocenters. The number of benzene rings is 2. The summed E-state index contributed by atoms with van der Waals surface area (Å²) in [6.45, 7) is 4.08. The first-order chi connectivity index (χ1) is 9.76. The summed E-state index contributed by atoms with van der Waals surface area (Å²) >= 11 is 6.35. The molecule has 0 aromatic heterocycles. The third-order valence-corrected chi connectivity index (χ3v) is 3.60. The predicted molar refractivity (Wildman–Crippen MR) is 92.9 cm³/mol. The topological polar surface area (TPSA) is 21.3 Å². The maximum Gasteiger partial charge on any atom is 0.126 e. The number of likely N-dealkylation sites (N-methyl/N-ethyl adjacent to an activating group) is 1. The third-order valence-electron chi connectivity index (χ3n) is 3.27. The molecule has 0 amide bonds. The van der Waals surface area contributed by atoms with Gasteiger partial charge in [-0.1, -0.05) is 42.8 Å². The van der Waals surface area contributed by atoms with Crippen molar-refractivity contribution in [1.82, 2.24) is 5.32 Å². The fourth-order valence-corrected chi connectivity index (χ4v) is 2.43. The van der Waals surface area contributed by atoms with Gasteiger partial charge in [0.1, 0.15) is 5.75 Å². The molecule has 0 saturated heterocycles. The molecule has 2 aromatic rings. The molecule has 2 rings (SSSR count). The van der Waals surface area contributed by atoms with Crippen molar-refractivity contribution in [2.45, 2.75) is 13.3 Å². The Morgan fingerprint density at radius 2 is 1.86 bits per heavy atom. The molecule has 0 heterocycles. The molecule has 0 fully saturated rings. The zero-order chi connectivity index (χ0) is 14.4. The Kier molecular flexibility index (Phi) is 7.58. The zero-order valence-electron chi connectivity index (χ0n) is 12.4. The van der Waals surface area contributed by atoms with Crippen molar-refractivity contribution < 1.29 is 4.74 Å². The third kappa shape index (κ3) is 4.63. The maximum absolute atomic E-state index is 6.35. The van der Waals surface area contributed by atoms with Crippen LogP contribution in [-0.4, -0.2) is 20.2 Å². The average Bonchev–Trinajstić information content (AvgIpc) is 2.49. The van der Waals surface area contributed by atoms with E-state index in [0.717, 1.165) is 41.4 Å². The summed E-state index contributed by atoms with van der Waals surface area (Å²) in [6.07, 6.45) is 0.993. The Hall–Kier alpha value is -1.22. The molecule has 0 saturated carbocycles. The Balaban J connectivity index is 0.00000220. The van der Waals surface area contributed by atoms with E-state index in [2.05, 4.69) is 24.4 Å². The minimum absolute atomic E-state index is 0. The van der Waals surface area contributed by atoms with Crippen LogP contribution in [0.4, 0.5) is 0 Å². The van der Waals surface area contributed by atoms with E-state index in [-0.39, 0.29) is 12.4 Å². The summed E-state index contributed by atoms with van der Waals surface area (Å²) in [5.41, 5.74) is 3.33. The van der Waals surface area contributed by atoms with Crippen LogP contribution in [0.3, 0.4) is 0 Å². The minimum atomic E-state index is 0. The fourth-order valence-electron chi connectivity index (χ4n) is 2.21. The lowest BCUT2D eigenvalue weighted by Gasteiger charge is -2.12. The lowest BCUT2D eigenvalue weighted by molar-refractivity contribution is 0.416. The van der Waals surface area contributed by atoms with Gasteiger partial charge in [0.05, 0.1) is 7.11 Å². The van der Waals surface area contributed by atoms with Gasteiger partial charge >= 0.3 is 0 Å². The van der Waals surface area contributed by atoms with Crippen LogP contribution < -0.4 is 10.1 Å². The number of hydrogen-bond donors (Lipinski definition) is 1. The van der Waals surface area contributed by atoms with Gasteiger partial charge in [0.25, 0.3) is 0 Å². The van der Waals surface area contributed by atoms with E-state index in [1.165, 1.54) is 5.56 Å². The predicted octanol–water partition coefficient (Wildman–Crippen LogP) is 4.59. The second-order valence-electron chi connectivity index (χ2n) is 4.62. The highest BCUT2D eigenvalue weighted by Gasteiger charge is 2.09. The number of ether oxygens (including phenoxy) is 1. The minimum Gasteiger partial charge on any atom is -0.496 e. The van der Waals surface area contributed by atoms with Gasteiger partial charge in [-0.3, -0.25) is 0 Å². The fraction of sp³-hybridized carbons (Fsp3) is 0.294. The van der Waals surface area contributed by atoms with E-state index in [1.807, 2.05) is 30.3 Å². The Labute approximate surface area is 137 Å². The first-order valence-corrected chi connectivity index (χ1v) is 7.26. The molecule has 0 atom stereocenters. The monoisotopic (exact) mass is 325 g/mol. The number of halogens is 2. The lowest BCUT2D eigenvalue weighted by atomic mass is 10.0. The summed E-state index contributed by atoms with van der Waals surface area (Å²) in [5.74, 6) is 0.846. The molecule has 21 heavy (non-hydrogen) atoms. The highest BCUT2D eigenvalue weighted by Crippen LogP contribution is 2.35. The molecular weight excluding hydrogens is 305 g/mol. The van der Waals surface area contributed by atoms with E-state index in [1.54, 1.807) is 7.11 Å².